The van der Waals surface area contributed by atoms with Crippen LogP contribution in [0.5, 0.6) is 17.2 Å². The van der Waals surface area contributed by atoms with Crippen molar-refractivity contribution in [1.29, 1.82) is 0 Å². The maximum Gasteiger partial charge on any atom is 0.261 e. The van der Waals surface area contributed by atoms with Crippen LogP contribution in [0.2, 0.25) is 5.02 Å². The van der Waals surface area contributed by atoms with Crippen molar-refractivity contribution >= 4 is 23.4 Å². The van der Waals surface area contributed by atoms with E-state index in [1.807, 2.05) is 48.5 Å². The molecular formula is C28H31ClN2O5. The lowest BCUT2D eigenvalue weighted by Crippen LogP contribution is -2.49. The van der Waals surface area contributed by atoms with Crippen molar-refractivity contribution in [3.05, 3.63) is 88.9 Å². The van der Waals surface area contributed by atoms with E-state index in [0.29, 0.717) is 29.5 Å². The van der Waals surface area contributed by atoms with E-state index in [-0.39, 0.29) is 25.0 Å². The number of carbonyl (C=O) groups is 2. The van der Waals surface area contributed by atoms with E-state index in [2.05, 4.69) is 5.32 Å². The van der Waals surface area contributed by atoms with Gasteiger partial charge in [-0.05, 0) is 60.9 Å². The molecule has 0 bridgehead atoms. The van der Waals surface area contributed by atoms with E-state index in [9.17, 15) is 9.59 Å². The molecule has 1 atom stereocenters. The molecule has 0 radical (unpaired) electrons. The monoisotopic (exact) mass is 510 g/mol. The third-order valence-electron chi connectivity index (χ3n) is 5.74. The Morgan fingerprint density at radius 1 is 0.889 bits per heavy atom. The first kappa shape index (κ1) is 26.9. The lowest BCUT2D eigenvalue weighted by atomic mass is 10.1. The second-order valence-corrected chi connectivity index (χ2v) is 8.56. The topological polar surface area (TPSA) is 77.1 Å². The van der Waals surface area contributed by atoms with Gasteiger partial charge in [0.1, 0.15) is 23.3 Å². The Bertz CT molecular complexity index is 1140. The molecule has 36 heavy (non-hydrogen) atoms. The zero-order valence-corrected chi connectivity index (χ0v) is 21.5. The van der Waals surface area contributed by atoms with Gasteiger partial charge in [0, 0.05) is 13.1 Å². The fourth-order valence-electron chi connectivity index (χ4n) is 3.56. The summed E-state index contributed by atoms with van der Waals surface area (Å²) in [5, 5.41) is 3.35. The molecule has 7 nitrogen and oxygen atoms in total. The second-order valence-electron chi connectivity index (χ2n) is 8.15. The van der Waals surface area contributed by atoms with E-state index >= 15 is 0 Å². The van der Waals surface area contributed by atoms with Crippen LogP contribution in [0.1, 0.15) is 18.1 Å². The molecule has 0 aliphatic carbocycles. The first-order chi connectivity index (χ1) is 17.4. The third-order valence-corrected chi connectivity index (χ3v) is 6.05. The standard InChI is InChI=1S/C28H31ClN2O5/c1-20(28(33)30-17-16-21-8-12-23(34-2)13-9-21)31(18-22-10-14-24(35-3)15-11-22)27(32)19-36-26-7-5-4-6-25(26)29/h4-15,20H,16-19H2,1-3H3,(H,30,33)/t20-/m0/s1. The number of nitrogens with one attached hydrogen (secondary N) is 1. The van der Waals surface area contributed by atoms with Crippen LogP contribution in [0, 0.1) is 0 Å². The number of para-hydroxylation sites is 1. The quantitative estimate of drug-likeness (QED) is 0.388. The van der Waals surface area contributed by atoms with Gasteiger partial charge in [0.2, 0.25) is 5.91 Å². The van der Waals surface area contributed by atoms with Crippen LogP contribution in [0.25, 0.3) is 0 Å². The Morgan fingerprint density at radius 2 is 1.47 bits per heavy atom. The van der Waals surface area contributed by atoms with Crippen LogP contribution in [0.4, 0.5) is 0 Å². The second kappa shape index (κ2) is 13.4. The van der Waals surface area contributed by atoms with Crippen LogP contribution in [0.15, 0.2) is 72.8 Å². The van der Waals surface area contributed by atoms with Crippen LogP contribution in [0.3, 0.4) is 0 Å². The van der Waals surface area contributed by atoms with Gasteiger partial charge in [-0.15, -0.1) is 0 Å². The molecule has 0 unspecified atom stereocenters. The number of benzene rings is 3. The maximum atomic E-state index is 13.2. The maximum absolute atomic E-state index is 13.2. The molecule has 0 aromatic heterocycles. The van der Waals surface area contributed by atoms with Crippen molar-refractivity contribution < 1.29 is 23.8 Å². The van der Waals surface area contributed by atoms with Crippen LogP contribution in [-0.2, 0) is 22.6 Å². The van der Waals surface area contributed by atoms with Gasteiger partial charge < -0.3 is 24.4 Å². The molecule has 1 N–H and O–H groups in total. The molecule has 0 fully saturated rings. The molecule has 0 aliphatic heterocycles. The molecule has 3 aromatic rings. The summed E-state index contributed by atoms with van der Waals surface area (Å²) in [7, 11) is 3.21. The molecule has 190 valence electrons. The Hall–Kier alpha value is -3.71. The predicted molar refractivity (Wildman–Crippen MR) is 140 cm³/mol. The Labute approximate surface area is 216 Å². The van der Waals surface area contributed by atoms with E-state index in [1.165, 1.54) is 4.90 Å². The van der Waals surface area contributed by atoms with Gasteiger partial charge in [-0.25, -0.2) is 0 Å². The van der Waals surface area contributed by atoms with Gasteiger partial charge in [0.25, 0.3) is 5.91 Å². The van der Waals surface area contributed by atoms with Gasteiger partial charge in [0.05, 0.1) is 19.2 Å². The summed E-state index contributed by atoms with van der Waals surface area (Å²) < 4.78 is 16.0. The predicted octanol–water partition coefficient (Wildman–Crippen LogP) is 4.51. The summed E-state index contributed by atoms with van der Waals surface area (Å²) in [5.41, 5.74) is 1.93. The average molecular weight is 511 g/mol. The van der Waals surface area contributed by atoms with Crippen LogP contribution < -0.4 is 19.5 Å². The summed E-state index contributed by atoms with van der Waals surface area (Å²) in [6.45, 7) is 2.14. The highest BCUT2D eigenvalue weighted by Crippen LogP contribution is 2.23. The van der Waals surface area contributed by atoms with Gasteiger partial charge in [-0.1, -0.05) is 48.0 Å². The first-order valence-corrected chi connectivity index (χ1v) is 12.0. The molecule has 3 aromatic carbocycles. The van der Waals surface area contributed by atoms with Crippen molar-refractivity contribution in [3.8, 4) is 17.2 Å². The zero-order chi connectivity index (χ0) is 25.9. The summed E-state index contributed by atoms with van der Waals surface area (Å²) >= 11 is 6.15. The smallest absolute Gasteiger partial charge is 0.261 e. The van der Waals surface area contributed by atoms with E-state index in [1.54, 1.807) is 45.4 Å². The number of methoxy groups -OCH3 is 2. The molecule has 0 saturated carbocycles. The Morgan fingerprint density at radius 3 is 2.06 bits per heavy atom. The number of halogens is 1. The van der Waals surface area contributed by atoms with Crippen molar-refractivity contribution in [3.63, 3.8) is 0 Å². The van der Waals surface area contributed by atoms with Crippen LogP contribution >= 0.6 is 11.6 Å². The van der Waals surface area contributed by atoms with E-state index in [0.717, 1.165) is 16.9 Å². The highest BCUT2D eigenvalue weighted by Gasteiger charge is 2.26. The summed E-state index contributed by atoms with van der Waals surface area (Å²) in [5.74, 6) is 1.33. The molecule has 0 saturated heterocycles. The number of hydrogen-bond acceptors (Lipinski definition) is 5. The molecule has 0 heterocycles. The minimum Gasteiger partial charge on any atom is -0.497 e. The highest BCUT2D eigenvalue weighted by molar-refractivity contribution is 6.32. The number of amides is 2. The number of rotatable bonds is 12. The molecule has 2 amide bonds. The number of carbonyl (C=O) groups excluding carboxylic acids is 2. The van der Waals surface area contributed by atoms with Gasteiger partial charge >= 0.3 is 0 Å². The Balaban J connectivity index is 1.65. The van der Waals surface area contributed by atoms with Gasteiger partial charge in [-0.3, -0.25) is 9.59 Å². The summed E-state index contributed by atoms with van der Waals surface area (Å²) in [6, 6.07) is 21.3. The number of nitrogens with zero attached hydrogens (tertiary/aromatic N) is 1. The Kier molecular flexibility index (Phi) is 10.0. The van der Waals surface area contributed by atoms with Crippen molar-refractivity contribution in [2.45, 2.75) is 25.9 Å². The van der Waals surface area contributed by atoms with Gasteiger partial charge in [-0.2, -0.15) is 0 Å². The van der Waals surface area contributed by atoms with Crippen molar-refractivity contribution in [2.75, 3.05) is 27.4 Å². The van der Waals surface area contributed by atoms with E-state index in [4.69, 9.17) is 25.8 Å². The molecule has 0 spiro atoms. The number of ether oxygens (including phenoxy) is 3. The number of hydrogen-bond donors (Lipinski definition) is 1. The summed E-state index contributed by atoms with van der Waals surface area (Å²) in [4.78, 5) is 27.7. The highest BCUT2D eigenvalue weighted by atomic mass is 35.5. The molecule has 0 aliphatic rings. The first-order valence-electron chi connectivity index (χ1n) is 11.6. The minimum absolute atomic E-state index is 0.238. The lowest BCUT2D eigenvalue weighted by Gasteiger charge is -2.29. The molecular weight excluding hydrogens is 480 g/mol. The summed E-state index contributed by atoms with van der Waals surface area (Å²) in [6.07, 6.45) is 0.657. The molecule has 8 heteroatoms. The normalized spacial score (nSPS) is 11.3. The van der Waals surface area contributed by atoms with Crippen molar-refractivity contribution in [1.82, 2.24) is 10.2 Å². The fraction of sp³-hybridized carbons (Fsp3) is 0.286. The zero-order valence-electron chi connectivity index (χ0n) is 20.7. The lowest BCUT2D eigenvalue weighted by molar-refractivity contribution is -0.142. The van der Waals surface area contributed by atoms with Crippen molar-refractivity contribution in [2.24, 2.45) is 0 Å². The fourth-order valence-corrected chi connectivity index (χ4v) is 3.75. The van der Waals surface area contributed by atoms with E-state index < -0.39 is 6.04 Å². The minimum atomic E-state index is -0.717. The average Bonchev–Trinajstić information content (AvgIpc) is 2.91. The molecule has 3 rings (SSSR count). The van der Waals surface area contributed by atoms with Gasteiger partial charge in [0.15, 0.2) is 6.61 Å². The SMILES string of the molecule is COc1ccc(CCNC(=O)[C@H](C)N(Cc2ccc(OC)cc2)C(=O)COc2ccccc2Cl)cc1. The largest absolute Gasteiger partial charge is 0.497 e. The van der Waals surface area contributed by atoms with Crippen LogP contribution in [-0.4, -0.2) is 50.1 Å². The third kappa shape index (κ3) is 7.65.